The largest absolute Gasteiger partial charge is 0.453 e. The lowest BCUT2D eigenvalue weighted by molar-refractivity contribution is 0.315. The van der Waals surface area contributed by atoms with Gasteiger partial charge in [0.15, 0.2) is 27.1 Å². The van der Waals surface area contributed by atoms with Gasteiger partial charge in [-0.25, -0.2) is 17.9 Å². The maximum atomic E-state index is 11.7. The third-order valence-corrected chi connectivity index (χ3v) is 6.87. The summed E-state index contributed by atoms with van der Waals surface area (Å²) < 4.78 is 33.0. The van der Waals surface area contributed by atoms with Crippen LogP contribution in [0.1, 0.15) is 24.2 Å². The van der Waals surface area contributed by atoms with Crippen molar-refractivity contribution in [1.82, 2.24) is 29.3 Å². The van der Waals surface area contributed by atoms with E-state index < -0.39 is 9.84 Å². The molecule has 1 aromatic carbocycles. The highest BCUT2D eigenvalue weighted by atomic mass is 32.2. The van der Waals surface area contributed by atoms with Gasteiger partial charge in [0.1, 0.15) is 5.75 Å². The van der Waals surface area contributed by atoms with Crippen molar-refractivity contribution in [2.24, 2.45) is 0 Å². The Morgan fingerprint density at radius 2 is 1.85 bits per heavy atom. The number of nitrogens with zero attached hydrogens (tertiary/aromatic N) is 6. The van der Waals surface area contributed by atoms with Gasteiger partial charge >= 0.3 is 0 Å². The number of hydrogen-bond acceptors (Lipinski definition) is 7. The summed E-state index contributed by atoms with van der Waals surface area (Å²) in [5, 5.41) is 9.06. The van der Waals surface area contributed by atoms with Gasteiger partial charge in [-0.3, -0.25) is 4.68 Å². The van der Waals surface area contributed by atoms with Gasteiger partial charge in [0.25, 0.3) is 0 Å². The normalized spacial score (nSPS) is 14.8. The zero-order chi connectivity index (χ0) is 22.8. The topological polar surface area (TPSA) is 94.6 Å². The quantitative estimate of drug-likeness (QED) is 0.394. The van der Waals surface area contributed by atoms with E-state index >= 15 is 0 Å². The molecule has 4 aromatic rings. The molecule has 0 atom stereocenters. The first-order valence-electron chi connectivity index (χ1n) is 11.0. The molecular formula is C23H26N6O3S. The predicted octanol–water partition coefficient (Wildman–Crippen LogP) is 2.81. The Hall–Kier alpha value is -3.24. The molecule has 0 aliphatic carbocycles. The number of fused-ring (bicyclic) bond motifs is 1. The van der Waals surface area contributed by atoms with E-state index in [4.69, 9.17) is 4.74 Å². The number of pyridine rings is 1. The van der Waals surface area contributed by atoms with Crippen molar-refractivity contribution in [3.05, 3.63) is 66.4 Å². The third kappa shape index (κ3) is 5.07. The van der Waals surface area contributed by atoms with Crippen molar-refractivity contribution in [2.75, 3.05) is 25.9 Å². The van der Waals surface area contributed by atoms with E-state index in [-0.39, 0.29) is 4.90 Å². The van der Waals surface area contributed by atoms with Crippen LogP contribution in [-0.4, -0.2) is 63.6 Å². The Kier molecular flexibility index (Phi) is 5.86. The van der Waals surface area contributed by atoms with E-state index in [1.165, 1.54) is 44.3 Å². The Balaban J connectivity index is 1.29. The molecule has 33 heavy (non-hydrogen) atoms. The molecule has 1 fully saturated rings. The van der Waals surface area contributed by atoms with Gasteiger partial charge in [-0.05, 0) is 67.9 Å². The molecule has 1 aliphatic rings. The molecule has 5 rings (SSSR count). The van der Waals surface area contributed by atoms with E-state index in [0.29, 0.717) is 29.4 Å². The summed E-state index contributed by atoms with van der Waals surface area (Å²) in [5.41, 5.74) is 1.66. The smallest absolute Gasteiger partial charge is 0.198 e. The zero-order valence-corrected chi connectivity index (χ0v) is 19.3. The van der Waals surface area contributed by atoms with Crippen LogP contribution in [0.15, 0.2) is 59.9 Å². The molecule has 172 valence electrons. The molecule has 0 radical (unpaired) electrons. The summed E-state index contributed by atoms with van der Waals surface area (Å²) in [4.78, 5) is 7.39. The van der Waals surface area contributed by atoms with E-state index in [1.54, 1.807) is 16.6 Å². The highest BCUT2D eigenvalue weighted by Gasteiger charge is 2.14. The lowest BCUT2D eigenvalue weighted by atomic mass is 10.2. The molecule has 0 saturated carbocycles. The van der Waals surface area contributed by atoms with Gasteiger partial charge in [-0.2, -0.15) is 10.2 Å². The van der Waals surface area contributed by atoms with Crippen molar-refractivity contribution in [1.29, 1.82) is 0 Å². The van der Waals surface area contributed by atoms with Gasteiger partial charge in [-0.1, -0.05) is 0 Å². The highest BCUT2D eigenvalue weighted by Crippen LogP contribution is 2.26. The first-order valence-corrected chi connectivity index (χ1v) is 12.9. The molecule has 0 spiro atoms. The highest BCUT2D eigenvalue weighted by molar-refractivity contribution is 7.90. The SMILES string of the molecule is CS(=O)(=O)c1ccc(Oc2cccn3nc(Cc4cnn(CCN5CCCC5)c4)nc23)cc1. The molecule has 10 heteroatoms. The third-order valence-electron chi connectivity index (χ3n) is 5.74. The Labute approximate surface area is 192 Å². The van der Waals surface area contributed by atoms with E-state index in [9.17, 15) is 8.42 Å². The summed E-state index contributed by atoms with van der Waals surface area (Å²) in [6, 6.07) is 9.97. The molecule has 1 saturated heterocycles. The number of benzene rings is 1. The first kappa shape index (κ1) is 21.6. The van der Waals surface area contributed by atoms with Crippen LogP contribution in [0.4, 0.5) is 0 Å². The van der Waals surface area contributed by atoms with Crippen LogP contribution in [-0.2, 0) is 22.8 Å². The van der Waals surface area contributed by atoms with Gasteiger partial charge < -0.3 is 9.64 Å². The van der Waals surface area contributed by atoms with Crippen LogP contribution in [0.3, 0.4) is 0 Å². The number of ether oxygens (including phenoxy) is 1. The molecule has 3 aromatic heterocycles. The second-order valence-electron chi connectivity index (χ2n) is 8.35. The van der Waals surface area contributed by atoms with Crippen molar-refractivity contribution in [2.45, 2.75) is 30.7 Å². The molecule has 0 N–H and O–H groups in total. The summed E-state index contributed by atoms with van der Waals surface area (Å²) >= 11 is 0. The number of sulfone groups is 1. The number of likely N-dealkylation sites (tertiary alicyclic amines) is 1. The number of aromatic nitrogens is 5. The average Bonchev–Trinajstić information content (AvgIpc) is 3.53. The fraction of sp³-hybridized carbons (Fsp3) is 0.348. The van der Waals surface area contributed by atoms with Gasteiger partial charge in [0.2, 0.25) is 0 Å². The van der Waals surface area contributed by atoms with Gasteiger partial charge in [0.05, 0.1) is 17.6 Å². The summed E-state index contributed by atoms with van der Waals surface area (Å²) in [7, 11) is -3.25. The zero-order valence-electron chi connectivity index (χ0n) is 18.5. The maximum Gasteiger partial charge on any atom is 0.198 e. The Morgan fingerprint density at radius 3 is 2.61 bits per heavy atom. The van der Waals surface area contributed by atoms with E-state index in [0.717, 1.165) is 18.7 Å². The minimum absolute atomic E-state index is 0.249. The summed E-state index contributed by atoms with van der Waals surface area (Å²) in [5.74, 6) is 1.75. The van der Waals surface area contributed by atoms with Crippen molar-refractivity contribution in [3.63, 3.8) is 0 Å². The standard InChI is InChI=1S/C23H26N6O3S/c1-33(30,31)20-8-6-19(7-9-20)32-21-5-4-12-29-23(21)25-22(26-29)15-18-16-24-28(17-18)14-13-27-10-2-3-11-27/h4-9,12,16-17H,2-3,10-11,13-15H2,1H3. The first-order chi connectivity index (χ1) is 15.9. The second-order valence-corrected chi connectivity index (χ2v) is 10.4. The van der Waals surface area contributed by atoms with E-state index in [2.05, 4.69) is 26.3 Å². The van der Waals surface area contributed by atoms with Crippen molar-refractivity contribution < 1.29 is 13.2 Å². The fourth-order valence-corrected chi connectivity index (χ4v) is 4.65. The van der Waals surface area contributed by atoms with Crippen LogP contribution in [0.2, 0.25) is 0 Å². The molecular weight excluding hydrogens is 440 g/mol. The average molecular weight is 467 g/mol. The van der Waals surface area contributed by atoms with Crippen LogP contribution < -0.4 is 4.74 Å². The van der Waals surface area contributed by atoms with Crippen LogP contribution in [0.25, 0.3) is 5.65 Å². The molecule has 0 amide bonds. The van der Waals surface area contributed by atoms with Crippen LogP contribution in [0, 0.1) is 0 Å². The molecule has 0 unspecified atom stereocenters. The van der Waals surface area contributed by atoms with Crippen molar-refractivity contribution in [3.8, 4) is 11.5 Å². The molecule has 1 aliphatic heterocycles. The fourth-order valence-electron chi connectivity index (χ4n) is 4.02. The van der Waals surface area contributed by atoms with Gasteiger partial charge in [0, 0.05) is 31.6 Å². The lowest BCUT2D eigenvalue weighted by Crippen LogP contribution is -2.24. The predicted molar refractivity (Wildman–Crippen MR) is 123 cm³/mol. The van der Waals surface area contributed by atoms with Crippen LogP contribution >= 0.6 is 0 Å². The minimum atomic E-state index is -3.25. The summed E-state index contributed by atoms with van der Waals surface area (Å²) in [6.07, 6.45) is 10.1. The second kappa shape index (κ2) is 8.95. The maximum absolute atomic E-state index is 11.7. The monoisotopic (exact) mass is 466 g/mol. The molecule has 9 nitrogen and oxygen atoms in total. The van der Waals surface area contributed by atoms with E-state index in [1.807, 2.05) is 29.2 Å². The van der Waals surface area contributed by atoms with Crippen LogP contribution in [0.5, 0.6) is 11.5 Å². The Bertz CT molecular complexity index is 1350. The Morgan fingerprint density at radius 1 is 1.06 bits per heavy atom. The number of rotatable bonds is 8. The van der Waals surface area contributed by atoms with Gasteiger partial charge in [-0.15, -0.1) is 0 Å². The number of hydrogen-bond donors (Lipinski definition) is 0. The minimum Gasteiger partial charge on any atom is -0.453 e. The summed E-state index contributed by atoms with van der Waals surface area (Å²) in [6.45, 7) is 4.28. The van der Waals surface area contributed by atoms with Crippen molar-refractivity contribution >= 4 is 15.5 Å². The molecule has 0 bridgehead atoms. The lowest BCUT2D eigenvalue weighted by Gasteiger charge is -2.13. The molecule has 4 heterocycles.